The molecule has 0 aromatic rings. The van der Waals surface area contributed by atoms with Crippen LogP contribution in [-0.2, 0) is 37.5 Å². The number of rotatable bonds is 35. The summed E-state index contributed by atoms with van der Waals surface area (Å²) in [5.74, 6) is -2.51. The van der Waals surface area contributed by atoms with E-state index in [9.17, 15) is 28.9 Å². The summed E-state index contributed by atoms with van der Waals surface area (Å²) in [6.07, 6.45) is 39.9. The number of nitrogens with two attached hydrogens (primary N) is 1. The Balaban J connectivity index is 4.58. The molecular weight excluding hydrogens is 725 g/mol. The van der Waals surface area contributed by atoms with Crippen molar-refractivity contribution in [3.63, 3.8) is 0 Å². The molecule has 2 unspecified atom stereocenters. The van der Waals surface area contributed by atoms with Crippen molar-refractivity contribution in [1.29, 1.82) is 0 Å². The Kier molecular flexibility index (Phi) is 34.0. The Bertz CT molecular complexity index is 1270. The van der Waals surface area contributed by atoms with Gasteiger partial charge in [-0.05, 0) is 77.0 Å². The first kappa shape index (κ1) is 51.6. The smallest absolute Gasteiger partial charge is 0.472 e. The molecule has 0 fully saturated rings. The van der Waals surface area contributed by atoms with Gasteiger partial charge >= 0.3 is 25.7 Å². The van der Waals surface area contributed by atoms with Gasteiger partial charge in [0.2, 0.25) is 0 Å². The average Bonchev–Trinajstić information content (AvgIpc) is 3.15. The number of phosphoric acid groups is 1. The van der Waals surface area contributed by atoms with Crippen molar-refractivity contribution >= 4 is 25.7 Å². The summed E-state index contributed by atoms with van der Waals surface area (Å²) in [6.45, 7) is 2.37. The summed E-state index contributed by atoms with van der Waals surface area (Å²) >= 11 is 0. The lowest BCUT2D eigenvalue weighted by Crippen LogP contribution is -2.34. The molecule has 0 aliphatic rings. The first-order valence-corrected chi connectivity index (χ1v) is 21.2. The van der Waals surface area contributed by atoms with Crippen LogP contribution in [0, 0.1) is 0 Å². The first-order chi connectivity index (χ1) is 26.5. The predicted molar refractivity (Wildman–Crippen MR) is 218 cm³/mol. The molecule has 0 aromatic heterocycles. The molecule has 4 atom stereocenters. The lowest BCUT2D eigenvalue weighted by molar-refractivity contribution is -0.161. The lowest BCUT2D eigenvalue weighted by atomic mass is 10.1. The van der Waals surface area contributed by atoms with Gasteiger partial charge in [0.15, 0.2) is 6.10 Å². The van der Waals surface area contributed by atoms with Crippen LogP contribution in [0.2, 0.25) is 0 Å². The number of aliphatic carboxylic acids is 1. The number of hydrogen-bond acceptors (Lipinski definition) is 10. The normalized spacial score (nSPS) is 15.3. The van der Waals surface area contributed by atoms with Crippen LogP contribution in [0.3, 0.4) is 0 Å². The van der Waals surface area contributed by atoms with Crippen LogP contribution < -0.4 is 5.73 Å². The van der Waals surface area contributed by atoms with Gasteiger partial charge in [-0.15, -0.1) is 0 Å². The zero-order chi connectivity index (χ0) is 40.8. The SMILES string of the molecule is CC/C=C\C/C=C\C/C=C\C/C=C\CCCCC(=O)O[C@H](COC(=O)CCCCCCC/C=C/C=C/C(O)C/C=C/CC)COP(=O)(O)OC[C@H](N)C(=O)O. The van der Waals surface area contributed by atoms with Crippen LogP contribution in [0.4, 0.5) is 0 Å². The molecule has 312 valence electrons. The van der Waals surface area contributed by atoms with Crippen molar-refractivity contribution in [2.24, 2.45) is 5.73 Å². The molecular formula is C42H68NO11P. The van der Waals surface area contributed by atoms with E-state index < -0.39 is 63.8 Å². The fraction of sp³-hybridized carbons (Fsp3) is 0.595. The van der Waals surface area contributed by atoms with Crippen LogP contribution in [0.5, 0.6) is 0 Å². The van der Waals surface area contributed by atoms with Gasteiger partial charge in [-0.2, -0.15) is 0 Å². The van der Waals surface area contributed by atoms with Crippen molar-refractivity contribution in [3.05, 3.63) is 85.1 Å². The number of hydrogen-bond donors (Lipinski definition) is 4. The van der Waals surface area contributed by atoms with Crippen LogP contribution in [0.1, 0.15) is 123 Å². The molecule has 5 N–H and O–H groups in total. The molecule has 0 rings (SSSR count). The quantitative estimate of drug-likeness (QED) is 0.0157. The summed E-state index contributed by atoms with van der Waals surface area (Å²) in [4.78, 5) is 45.8. The molecule has 55 heavy (non-hydrogen) atoms. The number of unbranched alkanes of at least 4 members (excludes halogenated alkanes) is 7. The molecule has 12 nitrogen and oxygen atoms in total. The number of aliphatic hydroxyl groups excluding tert-OH is 1. The number of allylic oxidation sites excluding steroid dienone is 12. The van der Waals surface area contributed by atoms with Crippen LogP contribution in [0.25, 0.3) is 0 Å². The molecule has 0 aromatic carbocycles. The Morgan fingerprint density at radius 3 is 1.85 bits per heavy atom. The summed E-state index contributed by atoms with van der Waals surface area (Å²) in [6, 6.07) is -1.54. The highest BCUT2D eigenvalue weighted by atomic mass is 31.2. The van der Waals surface area contributed by atoms with Gasteiger partial charge in [0.05, 0.1) is 19.3 Å². The fourth-order valence-electron chi connectivity index (χ4n) is 4.62. The standard InChI is InChI=1S/C42H68NO11P/c1-3-5-7-8-9-10-11-12-13-14-15-18-22-25-29-33-41(46)54-38(35-52-55(49,50)53-36-39(43)42(47)48)34-51-40(45)32-28-24-21-19-16-17-20-23-27-31-37(44)30-26-6-4-2/h5-7,9-10,12-13,15,18,20,23,26-27,31,37-39,44H,3-4,8,11,14,16-17,19,21-22,24-25,28-30,32-36,43H2,1-2H3,(H,47,48)(H,49,50)/b7-5-,10-9-,13-12-,18-15-,23-20+,26-6+,31-27+/t37?,38-,39+/m1/s1. The summed E-state index contributed by atoms with van der Waals surface area (Å²) in [5, 5.41) is 18.7. The molecule has 0 spiro atoms. The van der Waals surface area contributed by atoms with E-state index in [-0.39, 0.29) is 12.8 Å². The van der Waals surface area contributed by atoms with E-state index in [0.29, 0.717) is 19.3 Å². The number of aliphatic hydroxyl groups is 1. The van der Waals surface area contributed by atoms with Crippen molar-refractivity contribution in [1.82, 2.24) is 0 Å². The van der Waals surface area contributed by atoms with E-state index in [1.807, 2.05) is 24.3 Å². The van der Waals surface area contributed by atoms with Gasteiger partial charge in [0, 0.05) is 12.8 Å². The zero-order valence-electron chi connectivity index (χ0n) is 33.1. The lowest BCUT2D eigenvalue weighted by Gasteiger charge is -2.20. The third kappa shape index (κ3) is 36.0. The molecule has 0 amide bonds. The number of phosphoric ester groups is 1. The number of esters is 2. The van der Waals surface area contributed by atoms with Gasteiger partial charge in [0.1, 0.15) is 12.6 Å². The van der Waals surface area contributed by atoms with E-state index >= 15 is 0 Å². The second-order valence-electron chi connectivity index (χ2n) is 12.8. The van der Waals surface area contributed by atoms with Crippen LogP contribution in [0.15, 0.2) is 85.1 Å². The maximum atomic E-state index is 12.6. The molecule has 0 aliphatic carbocycles. The second-order valence-corrected chi connectivity index (χ2v) is 14.3. The van der Waals surface area contributed by atoms with Crippen molar-refractivity contribution < 1.29 is 52.6 Å². The molecule has 0 saturated carbocycles. The number of carbonyl (C=O) groups is 3. The summed E-state index contributed by atoms with van der Waals surface area (Å²) < 4.78 is 32.5. The maximum Gasteiger partial charge on any atom is 0.472 e. The number of carboxylic acid groups (broad SMARTS) is 1. The minimum atomic E-state index is -4.75. The van der Waals surface area contributed by atoms with E-state index in [4.69, 9.17) is 24.8 Å². The Morgan fingerprint density at radius 1 is 0.655 bits per heavy atom. The number of carbonyl (C=O) groups excluding carboxylic acids is 2. The largest absolute Gasteiger partial charge is 0.480 e. The maximum absolute atomic E-state index is 12.6. The highest BCUT2D eigenvalue weighted by molar-refractivity contribution is 7.47. The monoisotopic (exact) mass is 793 g/mol. The Hall–Kier alpha value is -3.38. The first-order valence-electron chi connectivity index (χ1n) is 19.7. The van der Waals surface area contributed by atoms with Gasteiger partial charge in [-0.3, -0.25) is 23.4 Å². The molecule has 0 saturated heterocycles. The minimum absolute atomic E-state index is 0.0886. The topological polar surface area (TPSA) is 192 Å². The average molecular weight is 794 g/mol. The van der Waals surface area contributed by atoms with E-state index in [1.165, 1.54) is 0 Å². The van der Waals surface area contributed by atoms with Crippen LogP contribution >= 0.6 is 7.82 Å². The molecule has 0 aliphatic heterocycles. The van der Waals surface area contributed by atoms with Crippen molar-refractivity contribution in [2.45, 2.75) is 141 Å². The third-order valence-electron chi connectivity index (χ3n) is 7.72. The Morgan fingerprint density at radius 2 is 1.18 bits per heavy atom. The van der Waals surface area contributed by atoms with Crippen molar-refractivity contribution in [2.75, 3.05) is 19.8 Å². The van der Waals surface area contributed by atoms with E-state index in [2.05, 4.69) is 73.1 Å². The predicted octanol–water partition coefficient (Wildman–Crippen LogP) is 8.91. The molecule has 0 heterocycles. The van der Waals surface area contributed by atoms with Gasteiger partial charge in [-0.1, -0.05) is 118 Å². The minimum Gasteiger partial charge on any atom is -0.480 e. The summed E-state index contributed by atoms with van der Waals surface area (Å²) in [7, 11) is -4.75. The molecule has 13 heteroatoms. The van der Waals surface area contributed by atoms with Gasteiger partial charge in [0.25, 0.3) is 0 Å². The highest BCUT2D eigenvalue weighted by Crippen LogP contribution is 2.43. The van der Waals surface area contributed by atoms with Gasteiger partial charge < -0.3 is 30.3 Å². The number of carboxylic acids is 1. The fourth-order valence-corrected chi connectivity index (χ4v) is 5.40. The second kappa shape index (κ2) is 36.3. The third-order valence-corrected chi connectivity index (χ3v) is 8.67. The molecule has 0 radical (unpaired) electrons. The van der Waals surface area contributed by atoms with E-state index in [1.54, 1.807) is 6.08 Å². The summed E-state index contributed by atoms with van der Waals surface area (Å²) in [5.41, 5.74) is 5.31. The zero-order valence-corrected chi connectivity index (χ0v) is 34.0. The van der Waals surface area contributed by atoms with Gasteiger partial charge in [-0.25, -0.2) is 4.57 Å². The van der Waals surface area contributed by atoms with E-state index in [0.717, 1.165) is 77.0 Å². The van der Waals surface area contributed by atoms with Crippen molar-refractivity contribution in [3.8, 4) is 0 Å². The van der Waals surface area contributed by atoms with Crippen LogP contribution in [-0.4, -0.2) is 71.1 Å². The molecule has 0 bridgehead atoms. The highest BCUT2D eigenvalue weighted by Gasteiger charge is 2.28. The Labute approximate surface area is 329 Å². The number of ether oxygens (including phenoxy) is 2.